The summed E-state index contributed by atoms with van der Waals surface area (Å²) in [4.78, 5) is 11.4. The second-order valence-electron chi connectivity index (χ2n) is 4.74. The fourth-order valence-corrected chi connectivity index (χ4v) is 1.69. The van der Waals surface area contributed by atoms with Crippen molar-refractivity contribution in [3.8, 4) is 0 Å². The van der Waals surface area contributed by atoms with Gasteiger partial charge in [0.2, 0.25) is 0 Å². The molecule has 1 atom stereocenters. The van der Waals surface area contributed by atoms with Crippen LogP contribution in [0.3, 0.4) is 0 Å². The third-order valence-corrected chi connectivity index (χ3v) is 2.37. The van der Waals surface area contributed by atoms with Crippen LogP contribution in [-0.4, -0.2) is 12.1 Å². The van der Waals surface area contributed by atoms with Gasteiger partial charge in [0.25, 0.3) is 0 Å². The van der Waals surface area contributed by atoms with Crippen LogP contribution in [0.4, 0.5) is 0 Å². The molecule has 0 aromatic carbocycles. The molecule has 0 rings (SSSR count). The molecular weight excluding hydrogens is 188 g/mol. The minimum absolute atomic E-state index is 0.0285. The number of rotatable bonds is 8. The van der Waals surface area contributed by atoms with Gasteiger partial charge in [0.15, 0.2) is 0 Å². The monoisotopic (exact) mass is 214 g/mol. The van der Waals surface area contributed by atoms with Gasteiger partial charge in [-0.1, -0.05) is 40.0 Å². The second kappa shape index (κ2) is 8.75. The summed E-state index contributed by atoms with van der Waals surface area (Å²) in [6.07, 6.45) is 6.16. The molecule has 0 bridgehead atoms. The van der Waals surface area contributed by atoms with Crippen LogP contribution in [0.5, 0.6) is 0 Å². The average Bonchev–Trinajstić information content (AvgIpc) is 2.10. The van der Waals surface area contributed by atoms with Crippen LogP contribution in [0, 0.1) is 5.92 Å². The minimum atomic E-state index is -0.0285. The van der Waals surface area contributed by atoms with Gasteiger partial charge in [0.1, 0.15) is 0 Å². The Kier molecular flexibility index (Phi) is 8.44. The average molecular weight is 214 g/mol. The van der Waals surface area contributed by atoms with Crippen molar-refractivity contribution in [3.63, 3.8) is 0 Å². The molecule has 90 valence electrons. The molecule has 15 heavy (non-hydrogen) atoms. The molecule has 0 aliphatic carbocycles. The van der Waals surface area contributed by atoms with Gasteiger partial charge in [-0.05, 0) is 25.7 Å². The van der Waals surface area contributed by atoms with E-state index in [2.05, 4.69) is 20.8 Å². The van der Waals surface area contributed by atoms with Crippen molar-refractivity contribution in [1.29, 1.82) is 0 Å². The zero-order valence-electron chi connectivity index (χ0n) is 10.7. The van der Waals surface area contributed by atoms with E-state index in [4.69, 9.17) is 4.74 Å². The fraction of sp³-hybridized carbons (Fsp3) is 0.923. The van der Waals surface area contributed by atoms with Crippen molar-refractivity contribution in [3.05, 3.63) is 0 Å². The Hall–Kier alpha value is -0.530. The molecule has 0 radical (unpaired) electrons. The first-order valence-electron chi connectivity index (χ1n) is 6.25. The molecular formula is C13H26O2. The highest BCUT2D eigenvalue weighted by atomic mass is 16.5. The third kappa shape index (κ3) is 9.77. The number of unbranched alkanes of at least 4 members (excludes halogenated alkanes) is 3. The molecule has 0 aromatic heterocycles. The molecule has 0 unspecified atom stereocenters. The first-order chi connectivity index (χ1) is 7.06. The molecule has 0 N–H and O–H groups in total. The van der Waals surface area contributed by atoms with Crippen molar-refractivity contribution < 1.29 is 9.53 Å². The van der Waals surface area contributed by atoms with Crippen molar-refractivity contribution in [1.82, 2.24) is 0 Å². The van der Waals surface area contributed by atoms with Crippen molar-refractivity contribution in [2.24, 2.45) is 5.92 Å². The maximum absolute atomic E-state index is 11.4. The van der Waals surface area contributed by atoms with Gasteiger partial charge in [0, 0.05) is 6.42 Å². The third-order valence-electron chi connectivity index (χ3n) is 2.37. The van der Waals surface area contributed by atoms with E-state index in [1.54, 1.807) is 0 Å². The van der Waals surface area contributed by atoms with Gasteiger partial charge < -0.3 is 4.74 Å². The first-order valence-corrected chi connectivity index (χ1v) is 6.25. The number of esters is 1. The van der Waals surface area contributed by atoms with E-state index in [1.165, 1.54) is 12.8 Å². The lowest BCUT2D eigenvalue weighted by atomic mass is 10.1. The van der Waals surface area contributed by atoms with Crippen LogP contribution in [-0.2, 0) is 9.53 Å². The van der Waals surface area contributed by atoms with E-state index in [9.17, 15) is 4.79 Å². The number of ether oxygens (including phenoxy) is 1. The van der Waals surface area contributed by atoms with E-state index >= 15 is 0 Å². The maximum Gasteiger partial charge on any atom is 0.306 e. The predicted octanol–water partition coefficient (Wildman–Crippen LogP) is 3.93. The summed E-state index contributed by atoms with van der Waals surface area (Å²) in [6.45, 7) is 8.43. The standard InChI is InChI=1S/C13H26O2/c1-5-6-7-8-9-13(14)15-12(4)10-11(2)3/h11-12H,5-10H2,1-4H3/t12-/m0/s1. The van der Waals surface area contributed by atoms with Gasteiger partial charge in [-0.25, -0.2) is 0 Å². The smallest absolute Gasteiger partial charge is 0.306 e. The molecule has 0 amide bonds. The normalized spacial score (nSPS) is 12.9. The highest BCUT2D eigenvalue weighted by molar-refractivity contribution is 5.69. The van der Waals surface area contributed by atoms with Crippen LogP contribution in [0.2, 0.25) is 0 Å². The Morgan fingerprint density at radius 3 is 2.33 bits per heavy atom. The Labute approximate surface area is 94.4 Å². The Balaban J connectivity index is 3.47. The van der Waals surface area contributed by atoms with Crippen LogP contribution in [0.1, 0.15) is 66.2 Å². The van der Waals surface area contributed by atoms with Gasteiger partial charge in [-0.3, -0.25) is 4.79 Å². The molecule has 0 fully saturated rings. The van der Waals surface area contributed by atoms with Crippen LogP contribution < -0.4 is 0 Å². The van der Waals surface area contributed by atoms with Crippen LogP contribution in [0.25, 0.3) is 0 Å². The van der Waals surface area contributed by atoms with Crippen molar-refractivity contribution >= 4 is 5.97 Å². The number of carbonyl (C=O) groups excluding carboxylic acids is 1. The van der Waals surface area contributed by atoms with Crippen molar-refractivity contribution in [2.45, 2.75) is 72.3 Å². The summed E-state index contributed by atoms with van der Waals surface area (Å²) in [5.41, 5.74) is 0. The fourth-order valence-electron chi connectivity index (χ4n) is 1.69. The van der Waals surface area contributed by atoms with Crippen molar-refractivity contribution in [2.75, 3.05) is 0 Å². The van der Waals surface area contributed by atoms with E-state index in [-0.39, 0.29) is 12.1 Å². The molecule has 0 aromatic rings. The Morgan fingerprint density at radius 1 is 1.13 bits per heavy atom. The topological polar surface area (TPSA) is 26.3 Å². The molecule has 0 saturated carbocycles. The summed E-state index contributed by atoms with van der Waals surface area (Å²) in [5, 5.41) is 0. The van der Waals surface area contributed by atoms with E-state index in [1.807, 2.05) is 6.92 Å². The quantitative estimate of drug-likeness (QED) is 0.452. The SMILES string of the molecule is CCCCCCC(=O)O[C@@H](C)CC(C)C. The number of carbonyl (C=O) groups is 1. The molecule has 0 aliphatic heterocycles. The molecule has 0 heterocycles. The number of hydrogen-bond acceptors (Lipinski definition) is 2. The van der Waals surface area contributed by atoms with E-state index in [0.717, 1.165) is 19.3 Å². The summed E-state index contributed by atoms with van der Waals surface area (Å²) >= 11 is 0. The van der Waals surface area contributed by atoms with E-state index in [0.29, 0.717) is 12.3 Å². The van der Waals surface area contributed by atoms with Gasteiger partial charge in [-0.2, -0.15) is 0 Å². The lowest BCUT2D eigenvalue weighted by molar-refractivity contribution is -0.149. The minimum Gasteiger partial charge on any atom is -0.463 e. The largest absolute Gasteiger partial charge is 0.463 e. The summed E-state index contributed by atoms with van der Waals surface area (Å²) in [6, 6.07) is 0. The van der Waals surface area contributed by atoms with Crippen LogP contribution >= 0.6 is 0 Å². The summed E-state index contributed by atoms with van der Waals surface area (Å²) in [7, 11) is 0. The highest BCUT2D eigenvalue weighted by Gasteiger charge is 2.10. The lowest BCUT2D eigenvalue weighted by Gasteiger charge is -2.15. The highest BCUT2D eigenvalue weighted by Crippen LogP contribution is 2.10. The lowest BCUT2D eigenvalue weighted by Crippen LogP contribution is -2.16. The summed E-state index contributed by atoms with van der Waals surface area (Å²) < 4.78 is 5.30. The van der Waals surface area contributed by atoms with Crippen LogP contribution in [0.15, 0.2) is 0 Å². The zero-order valence-corrected chi connectivity index (χ0v) is 10.7. The molecule has 0 aliphatic rings. The zero-order chi connectivity index (χ0) is 11.7. The second-order valence-corrected chi connectivity index (χ2v) is 4.74. The molecule has 0 spiro atoms. The van der Waals surface area contributed by atoms with Gasteiger partial charge >= 0.3 is 5.97 Å². The van der Waals surface area contributed by atoms with E-state index < -0.39 is 0 Å². The molecule has 0 saturated heterocycles. The van der Waals surface area contributed by atoms with Gasteiger partial charge in [-0.15, -0.1) is 0 Å². The Bertz CT molecular complexity index is 164. The Morgan fingerprint density at radius 2 is 1.80 bits per heavy atom. The molecule has 2 nitrogen and oxygen atoms in total. The maximum atomic E-state index is 11.4. The molecule has 2 heteroatoms. The number of hydrogen-bond donors (Lipinski definition) is 0. The first kappa shape index (κ1) is 14.5. The predicted molar refractivity (Wildman–Crippen MR) is 63.8 cm³/mol. The summed E-state index contributed by atoms with van der Waals surface area (Å²) in [5.74, 6) is 0.562. The van der Waals surface area contributed by atoms with Gasteiger partial charge in [0.05, 0.1) is 6.10 Å².